The van der Waals surface area contributed by atoms with Crippen molar-refractivity contribution in [2.24, 2.45) is 0 Å². The number of carbonyl (C=O) groups excluding carboxylic acids is 1. The maximum Gasteiger partial charge on any atom is 0.258 e. The van der Waals surface area contributed by atoms with Gasteiger partial charge in [-0.1, -0.05) is 12.1 Å². The van der Waals surface area contributed by atoms with E-state index in [1.165, 1.54) is 12.1 Å². The first-order valence-corrected chi connectivity index (χ1v) is 14.3. The molecule has 1 unspecified atom stereocenters. The minimum absolute atomic E-state index is 0.159. The molecule has 0 bridgehead atoms. The number of pyridine rings is 1. The second-order valence-corrected chi connectivity index (χ2v) is 11.8. The molecule has 3 aromatic rings. The minimum Gasteiger partial charge on any atom is -0.505 e. The van der Waals surface area contributed by atoms with E-state index < -0.39 is 11.0 Å². The molecule has 0 aliphatic carbocycles. The van der Waals surface area contributed by atoms with Crippen molar-refractivity contribution < 1.29 is 18.5 Å². The van der Waals surface area contributed by atoms with Crippen molar-refractivity contribution in [1.29, 1.82) is 0 Å². The maximum atomic E-state index is 13.6. The van der Waals surface area contributed by atoms with Crippen LogP contribution >= 0.6 is 0 Å². The molecule has 0 radical (unpaired) electrons. The molecule has 0 saturated carbocycles. The number of phenols is 1. The Morgan fingerprint density at radius 2 is 1.84 bits per heavy atom. The van der Waals surface area contributed by atoms with Crippen molar-refractivity contribution in [3.05, 3.63) is 65.1 Å². The van der Waals surface area contributed by atoms with Crippen LogP contribution in [0.4, 0.5) is 10.1 Å². The van der Waals surface area contributed by atoms with Crippen LogP contribution in [-0.4, -0.2) is 86.5 Å². The van der Waals surface area contributed by atoms with Crippen LogP contribution in [0.1, 0.15) is 35.3 Å². The Morgan fingerprint density at radius 3 is 2.53 bits per heavy atom. The first-order valence-electron chi connectivity index (χ1n) is 13.0. The summed E-state index contributed by atoms with van der Waals surface area (Å²) >= 11 is 0. The Bertz CT molecular complexity index is 1360. The number of carbonyl (C=O) groups is 1. The standard InChI is InChI=1S/C28H34FN5O3S/c1-19(2)33-13-11-32(12-14-33)15-16-38(37)31(3)26-22-5-4-10-30-25(22)27(35)24-23(26)18-34(28(24)36)17-20-6-8-21(29)9-7-20/h4-10,19,35H,11-18H2,1-3H3. The Labute approximate surface area is 225 Å². The third kappa shape index (κ3) is 5.12. The van der Waals surface area contributed by atoms with Crippen LogP contribution in [0.25, 0.3) is 10.9 Å². The van der Waals surface area contributed by atoms with E-state index in [9.17, 15) is 18.5 Å². The van der Waals surface area contributed by atoms with Crippen LogP contribution in [0.15, 0.2) is 42.6 Å². The summed E-state index contributed by atoms with van der Waals surface area (Å²) in [6.07, 6.45) is 1.57. The molecule has 3 heterocycles. The van der Waals surface area contributed by atoms with Gasteiger partial charge in [0.1, 0.15) is 22.3 Å². The highest BCUT2D eigenvalue weighted by Crippen LogP contribution is 2.44. The summed E-state index contributed by atoms with van der Waals surface area (Å²) in [6, 6.07) is 10.2. The Hall–Kier alpha value is -3.08. The van der Waals surface area contributed by atoms with Gasteiger partial charge in [-0.15, -0.1) is 0 Å². The summed E-state index contributed by atoms with van der Waals surface area (Å²) < 4.78 is 28.7. The Balaban J connectivity index is 1.40. The number of nitrogens with zero attached hydrogens (tertiary/aromatic N) is 5. The van der Waals surface area contributed by atoms with E-state index in [1.54, 1.807) is 40.6 Å². The van der Waals surface area contributed by atoms with Gasteiger partial charge in [0.05, 0.1) is 17.0 Å². The lowest BCUT2D eigenvalue weighted by atomic mass is 10.0. The second-order valence-electron chi connectivity index (χ2n) is 10.2. The topological polar surface area (TPSA) is 80.2 Å². The second kappa shape index (κ2) is 11.0. The monoisotopic (exact) mass is 539 g/mol. The number of anilines is 1. The summed E-state index contributed by atoms with van der Waals surface area (Å²) in [7, 11) is 0.421. The lowest BCUT2D eigenvalue weighted by Gasteiger charge is -2.37. The third-order valence-electron chi connectivity index (χ3n) is 7.59. The van der Waals surface area contributed by atoms with Gasteiger partial charge in [0.25, 0.3) is 5.91 Å². The molecule has 8 nitrogen and oxygen atoms in total. The molecule has 10 heteroatoms. The van der Waals surface area contributed by atoms with E-state index in [-0.39, 0.29) is 36.1 Å². The molecule has 2 aliphatic heterocycles. The van der Waals surface area contributed by atoms with Crippen molar-refractivity contribution in [2.75, 3.05) is 49.8 Å². The van der Waals surface area contributed by atoms with E-state index in [0.29, 0.717) is 33.9 Å². The van der Waals surface area contributed by atoms with E-state index in [2.05, 4.69) is 28.6 Å². The Morgan fingerprint density at radius 1 is 1.13 bits per heavy atom. The number of fused-ring (bicyclic) bond motifs is 2. The number of aromatic hydroxyl groups is 1. The quantitative estimate of drug-likeness (QED) is 0.473. The van der Waals surface area contributed by atoms with Gasteiger partial charge >= 0.3 is 0 Å². The summed E-state index contributed by atoms with van der Waals surface area (Å²) in [5.74, 6) is -0.359. The van der Waals surface area contributed by atoms with Crippen molar-refractivity contribution in [1.82, 2.24) is 19.7 Å². The van der Waals surface area contributed by atoms with Crippen molar-refractivity contribution in [3.8, 4) is 5.75 Å². The number of hydrogen-bond donors (Lipinski definition) is 1. The summed E-state index contributed by atoms with van der Waals surface area (Å²) in [5, 5.41) is 11.7. The summed E-state index contributed by atoms with van der Waals surface area (Å²) in [4.78, 5) is 24.2. The number of benzene rings is 2. The van der Waals surface area contributed by atoms with E-state index in [4.69, 9.17) is 0 Å². The number of phenolic OH excluding ortho intramolecular Hbond substituents is 1. The van der Waals surface area contributed by atoms with E-state index >= 15 is 0 Å². The van der Waals surface area contributed by atoms with Crippen LogP contribution in [0.5, 0.6) is 5.75 Å². The minimum atomic E-state index is -1.36. The molecule has 38 heavy (non-hydrogen) atoms. The number of hydrogen-bond acceptors (Lipinski definition) is 6. The zero-order valence-corrected chi connectivity index (χ0v) is 22.9. The largest absolute Gasteiger partial charge is 0.505 e. The third-order valence-corrected chi connectivity index (χ3v) is 8.91. The molecule has 2 aliphatic rings. The molecule has 1 fully saturated rings. The van der Waals surface area contributed by atoms with Crippen molar-refractivity contribution in [2.45, 2.75) is 33.0 Å². The summed E-state index contributed by atoms with van der Waals surface area (Å²) in [6.45, 7) is 9.57. The fraction of sp³-hybridized carbons (Fsp3) is 0.429. The predicted octanol–water partition coefficient (Wildman–Crippen LogP) is 3.36. The molecule has 0 spiro atoms. The van der Waals surface area contributed by atoms with Crippen LogP contribution in [-0.2, 0) is 24.1 Å². The molecular formula is C28H34FN5O3S. The van der Waals surface area contributed by atoms with Gasteiger partial charge in [0.2, 0.25) is 0 Å². The molecule has 2 aromatic carbocycles. The van der Waals surface area contributed by atoms with Gasteiger partial charge in [0, 0.05) is 76.0 Å². The van der Waals surface area contributed by atoms with Crippen molar-refractivity contribution in [3.63, 3.8) is 0 Å². The zero-order chi connectivity index (χ0) is 27.0. The number of amides is 1. The molecule has 1 N–H and O–H groups in total. The van der Waals surface area contributed by atoms with Crippen LogP contribution in [0.2, 0.25) is 0 Å². The van der Waals surface area contributed by atoms with Gasteiger partial charge in [-0.25, -0.2) is 8.60 Å². The first kappa shape index (κ1) is 26.5. The Kier molecular flexibility index (Phi) is 7.65. The molecule has 5 rings (SSSR count). The highest BCUT2D eigenvalue weighted by molar-refractivity contribution is 7.86. The lowest BCUT2D eigenvalue weighted by molar-refractivity contribution is 0.0764. The number of piperazine rings is 1. The fourth-order valence-electron chi connectivity index (χ4n) is 5.38. The predicted molar refractivity (Wildman–Crippen MR) is 148 cm³/mol. The average molecular weight is 540 g/mol. The smallest absolute Gasteiger partial charge is 0.258 e. The molecule has 1 aromatic heterocycles. The molecule has 1 saturated heterocycles. The van der Waals surface area contributed by atoms with Gasteiger partial charge in [-0.3, -0.25) is 23.9 Å². The van der Waals surface area contributed by atoms with Crippen LogP contribution in [0, 0.1) is 5.82 Å². The molecular weight excluding hydrogens is 505 g/mol. The van der Waals surface area contributed by atoms with Crippen LogP contribution < -0.4 is 4.31 Å². The van der Waals surface area contributed by atoms with E-state index in [0.717, 1.165) is 38.3 Å². The lowest BCUT2D eigenvalue weighted by Crippen LogP contribution is -2.49. The first-order chi connectivity index (χ1) is 18.2. The van der Waals surface area contributed by atoms with Crippen LogP contribution in [0.3, 0.4) is 0 Å². The van der Waals surface area contributed by atoms with E-state index in [1.807, 2.05) is 6.07 Å². The average Bonchev–Trinajstić information content (AvgIpc) is 3.24. The summed E-state index contributed by atoms with van der Waals surface area (Å²) in [5.41, 5.74) is 2.58. The van der Waals surface area contributed by atoms with Crippen molar-refractivity contribution >= 4 is 33.5 Å². The maximum absolute atomic E-state index is 13.6. The fourth-order valence-corrected chi connectivity index (χ4v) is 6.48. The van der Waals surface area contributed by atoms with Gasteiger partial charge in [-0.05, 0) is 43.7 Å². The van der Waals surface area contributed by atoms with Gasteiger partial charge < -0.3 is 10.0 Å². The molecule has 1 atom stereocenters. The van der Waals surface area contributed by atoms with Gasteiger partial charge in [0.15, 0.2) is 5.75 Å². The number of rotatable bonds is 8. The number of aromatic nitrogens is 1. The SMILES string of the molecule is CC(C)N1CCN(CCS(=O)N(C)c2c3c(c(O)c4ncccc24)C(=O)N(Cc2ccc(F)cc2)C3)CC1. The highest BCUT2D eigenvalue weighted by Gasteiger charge is 2.36. The molecule has 202 valence electrons. The zero-order valence-electron chi connectivity index (χ0n) is 22.1. The molecule has 1 amide bonds. The highest BCUT2D eigenvalue weighted by atomic mass is 32.2. The number of halogens is 1. The normalized spacial score (nSPS) is 17.4. The van der Waals surface area contributed by atoms with Gasteiger partial charge in [-0.2, -0.15) is 0 Å².